The maximum Gasteiger partial charge on any atom is 0.334 e. The lowest BCUT2D eigenvalue weighted by atomic mass is 9.40. The summed E-state index contributed by atoms with van der Waals surface area (Å²) >= 11 is 0. The summed E-state index contributed by atoms with van der Waals surface area (Å²) < 4.78 is 11.4. The summed E-state index contributed by atoms with van der Waals surface area (Å²) in [6.45, 7) is 8.10. The number of ether oxygens (including phenoxy) is 2. The van der Waals surface area contributed by atoms with Gasteiger partial charge in [-0.15, -0.1) is 0 Å². The van der Waals surface area contributed by atoms with Gasteiger partial charge < -0.3 is 40.1 Å². The highest BCUT2D eigenvalue weighted by Gasteiger charge is 2.82. The van der Waals surface area contributed by atoms with Crippen LogP contribution in [0.1, 0.15) is 79.6 Å². The van der Waals surface area contributed by atoms with Gasteiger partial charge in [-0.2, -0.15) is 0 Å². The molecule has 1 heterocycles. The van der Waals surface area contributed by atoms with Gasteiger partial charge in [0.1, 0.15) is 34.3 Å². The van der Waals surface area contributed by atoms with Crippen LogP contribution in [0, 0.1) is 22.7 Å². The van der Waals surface area contributed by atoms with E-state index in [2.05, 4.69) is 0 Å². The first-order valence-electron chi connectivity index (χ1n) is 14.1. The zero-order chi connectivity index (χ0) is 29.1. The Kier molecular flexibility index (Phi) is 6.39. The van der Waals surface area contributed by atoms with Crippen molar-refractivity contribution in [1.29, 1.82) is 0 Å². The zero-order valence-electron chi connectivity index (χ0n) is 23.7. The molecular weight excluding hydrogens is 508 g/mol. The highest BCUT2D eigenvalue weighted by atomic mass is 16.6. The average Bonchev–Trinajstić information content (AvgIpc) is 3.07. The van der Waals surface area contributed by atoms with Gasteiger partial charge >= 0.3 is 5.97 Å². The molecule has 1 aliphatic heterocycles. The minimum absolute atomic E-state index is 0.0390. The second-order valence-electron chi connectivity index (χ2n) is 13.6. The maximum atomic E-state index is 13.5. The topological polar surface area (TPSA) is 174 Å². The minimum Gasteiger partial charge on any atom is -0.455 e. The Morgan fingerprint density at radius 2 is 1.64 bits per heavy atom. The van der Waals surface area contributed by atoms with E-state index in [9.17, 15) is 40.2 Å². The number of aliphatic hydroxyl groups is 6. The molecule has 0 aromatic heterocycles. The van der Waals surface area contributed by atoms with E-state index >= 15 is 0 Å². The number of ketones is 1. The molecule has 12 atom stereocenters. The molecule has 0 aromatic carbocycles. The summed E-state index contributed by atoms with van der Waals surface area (Å²) in [5, 5.41) is 71.2. The predicted octanol–water partition coefficient (Wildman–Crippen LogP) is 0.528. The molecule has 10 heteroatoms. The lowest BCUT2D eigenvalue weighted by Crippen LogP contribution is -2.79. The average molecular weight is 553 g/mol. The standard InChI is InChI=1S/C29H44O10/c1-14-11-21(39-23(33)15(14)2)26(5,34)27(35)13-22(38-6)28(36)17-12-20(32)29(37)19(31)8-7-18(30)25(29,4)16(17)9-10-24(27,28)3/h16-17,19-22,31-32,34-37H,7-13H2,1-6H3/t16-,17+,19-,20+,21+,22-,24-,25-,26+,27-,28-,29-/m0/s1. The number of Topliss-reactive ketones (excluding diaryl/α,β-unsaturated/α-hetero) is 1. The molecule has 5 rings (SSSR count). The predicted molar refractivity (Wildman–Crippen MR) is 137 cm³/mol. The van der Waals surface area contributed by atoms with Crippen LogP contribution in [-0.4, -0.2) is 96.3 Å². The summed E-state index contributed by atoms with van der Waals surface area (Å²) in [4.78, 5) is 26.0. The van der Waals surface area contributed by atoms with Gasteiger partial charge in [0.25, 0.3) is 0 Å². The summed E-state index contributed by atoms with van der Waals surface area (Å²) in [5.41, 5.74) is -9.66. The molecule has 0 amide bonds. The normalized spacial score (nSPS) is 53.4. The molecular formula is C29H44O10. The first kappa shape index (κ1) is 29.1. The Balaban J connectivity index is 1.62. The van der Waals surface area contributed by atoms with Gasteiger partial charge in [0.15, 0.2) is 0 Å². The number of esters is 1. The molecule has 10 nitrogen and oxygen atoms in total. The minimum atomic E-state index is -2.07. The molecule has 0 unspecified atom stereocenters. The van der Waals surface area contributed by atoms with Crippen molar-refractivity contribution in [3.63, 3.8) is 0 Å². The quantitative estimate of drug-likeness (QED) is 0.271. The van der Waals surface area contributed by atoms with E-state index in [0.717, 1.165) is 5.57 Å². The van der Waals surface area contributed by atoms with E-state index in [1.165, 1.54) is 14.0 Å². The number of hydrogen-bond donors (Lipinski definition) is 6. The summed E-state index contributed by atoms with van der Waals surface area (Å²) in [7, 11) is 1.40. The molecule has 220 valence electrons. The Hall–Kier alpha value is -1.40. The molecule has 39 heavy (non-hydrogen) atoms. The summed E-state index contributed by atoms with van der Waals surface area (Å²) in [5.74, 6) is -2.29. The summed E-state index contributed by atoms with van der Waals surface area (Å²) in [6, 6.07) is 0. The van der Waals surface area contributed by atoms with Crippen molar-refractivity contribution >= 4 is 11.8 Å². The first-order valence-corrected chi connectivity index (χ1v) is 14.1. The van der Waals surface area contributed by atoms with Gasteiger partial charge in [-0.05, 0) is 65.2 Å². The van der Waals surface area contributed by atoms with Crippen LogP contribution >= 0.6 is 0 Å². The number of hydrogen-bond acceptors (Lipinski definition) is 10. The van der Waals surface area contributed by atoms with Gasteiger partial charge in [-0.25, -0.2) is 4.79 Å². The number of rotatable bonds is 3. The molecule has 0 saturated heterocycles. The van der Waals surface area contributed by atoms with E-state index in [1.807, 2.05) is 0 Å². The molecule has 5 aliphatic rings. The van der Waals surface area contributed by atoms with Crippen molar-refractivity contribution in [2.24, 2.45) is 22.7 Å². The highest BCUT2D eigenvalue weighted by molar-refractivity contribution is 5.89. The largest absolute Gasteiger partial charge is 0.455 e. The van der Waals surface area contributed by atoms with Gasteiger partial charge in [0, 0.05) is 37.4 Å². The van der Waals surface area contributed by atoms with E-state index in [0.29, 0.717) is 5.57 Å². The fraction of sp³-hybridized carbons (Fsp3) is 0.862. The lowest BCUT2D eigenvalue weighted by molar-refractivity contribution is -0.321. The Morgan fingerprint density at radius 1 is 1.00 bits per heavy atom. The molecule has 0 radical (unpaired) electrons. The van der Waals surface area contributed by atoms with E-state index in [-0.39, 0.29) is 50.7 Å². The molecule has 4 aliphatic carbocycles. The van der Waals surface area contributed by atoms with Crippen LogP contribution in [0.4, 0.5) is 0 Å². The van der Waals surface area contributed by atoms with Gasteiger partial charge in [0.2, 0.25) is 0 Å². The fourth-order valence-corrected chi connectivity index (χ4v) is 9.66. The van der Waals surface area contributed by atoms with Gasteiger partial charge in [0.05, 0.1) is 23.7 Å². The fourth-order valence-electron chi connectivity index (χ4n) is 9.66. The third-order valence-electron chi connectivity index (χ3n) is 12.5. The van der Waals surface area contributed by atoms with E-state index in [4.69, 9.17) is 9.47 Å². The number of aliphatic hydroxyl groups excluding tert-OH is 2. The molecule has 4 saturated carbocycles. The van der Waals surface area contributed by atoms with Crippen molar-refractivity contribution in [1.82, 2.24) is 0 Å². The zero-order valence-corrected chi connectivity index (χ0v) is 23.7. The molecule has 4 fully saturated rings. The van der Waals surface area contributed by atoms with E-state index in [1.54, 1.807) is 27.7 Å². The van der Waals surface area contributed by atoms with Gasteiger partial charge in [-0.1, -0.05) is 12.5 Å². The monoisotopic (exact) mass is 552 g/mol. The second-order valence-corrected chi connectivity index (χ2v) is 13.6. The van der Waals surface area contributed by atoms with Crippen LogP contribution in [0.3, 0.4) is 0 Å². The van der Waals surface area contributed by atoms with Crippen LogP contribution in [-0.2, 0) is 19.1 Å². The molecule has 0 aromatic rings. The number of methoxy groups -OCH3 is 1. The Labute approximate surface area is 229 Å². The van der Waals surface area contributed by atoms with Gasteiger partial charge in [-0.3, -0.25) is 4.79 Å². The van der Waals surface area contributed by atoms with Crippen molar-refractivity contribution in [3.8, 4) is 0 Å². The summed E-state index contributed by atoms with van der Waals surface area (Å²) in [6.07, 6.45) is -4.51. The van der Waals surface area contributed by atoms with Crippen LogP contribution in [0.2, 0.25) is 0 Å². The highest BCUT2D eigenvalue weighted by Crippen LogP contribution is 2.72. The van der Waals surface area contributed by atoms with Crippen molar-refractivity contribution < 1.29 is 49.7 Å². The maximum absolute atomic E-state index is 13.5. The second kappa shape index (κ2) is 8.56. The molecule has 6 N–H and O–H groups in total. The third kappa shape index (κ3) is 3.12. The SMILES string of the molecule is CO[C@H]1C[C@@](O)([C@](C)(O)[C@H]2CC(C)=C(C)C(=O)O2)[C@]2(C)CC[C@H]3[C@@H](C[C@@H](O)[C@@]4(O)[C@@H](O)CCC(=O)[C@]34C)[C@]12O. The third-order valence-corrected chi connectivity index (χ3v) is 12.5. The number of cyclic esters (lactones) is 1. The smallest absolute Gasteiger partial charge is 0.334 e. The van der Waals surface area contributed by atoms with Crippen molar-refractivity contribution in [3.05, 3.63) is 11.1 Å². The van der Waals surface area contributed by atoms with Crippen LogP contribution in [0.25, 0.3) is 0 Å². The van der Waals surface area contributed by atoms with Crippen LogP contribution in [0.5, 0.6) is 0 Å². The van der Waals surface area contributed by atoms with E-state index < -0.39 is 75.5 Å². The number of fused-ring (bicyclic) bond motifs is 5. The van der Waals surface area contributed by atoms with Crippen LogP contribution in [0.15, 0.2) is 11.1 Å². The lowest BCUT2D eigenvalue weighted by Gasteiger charge is -2.68. The van der Waals surface area contributed by atoms with Crippen molar-refractivity contribution in [2.45, 2.75) is 126 Å². The first-order chi connectivity index (χ1) is 17.9. The molecule has 0 bridgehead atoms. The Morgan fingerprint density at radius 3 is 2.23 bits per heavy atom. The molecule has 0 spiro atoms. The van der Waals surface area contributed by atoms with Crippen LogP contribution < -0.4 is 0 Å². The number of carbonyl (C=O) groups is 2. The number of carbonyl (C=O) groups excluding carboxylic acids is 2. The van der Waals surface area contributed by atoms with Crippen molar-refractivity contribution in [2.75, 3.05) is 7.11 Å². The Bertz CT molecular complexity index is 1120.